The first kappa shape index (κ1) is 19.4. The Bertz CT molecular complexity index is 982. The highest BCUT2D eigenvalue weighted by atomic mass is 16.5. The Morgan fingerprint density at radius 2 is 2.34 bits per heavy atom. The zero-order valence-corrected chi connectivity index (χ0v) is 16.8. The number of likely N-dealkylation sites (N-methyl/N-ethyl adjacent to an activating group) is 1. The summed E-state index contributed by atoms with van der Waals surface area (Å²) in [5.74, 6) is 1.44. The molecule has 9 heteroatoms. The molecule has 0 bridgehead atoms. The van der Waals surface area contributed by atoms with Crippen LogP contribution in [0.15, 0.2) is 28.9 Å². The topological polar surface area (TPSA) is 98.3 Å². The maximum atomic E-state index is 12.1. The quantitative estimate of drug-likeness (QED) is 0.615. The van der Waals surface area contributed by atoms with Crippen molar-refractivity contribution in [2.75, 3.05) is 33.8 Å². The molecule has 1 amide bonds. The van der Waals surface area contributed by atoms with Crippen LogP contribution in [0.25, 0.3) is 11.0 Å². The summed E-state index contributed by atoms with van der Waals surface area (Å²) in [5, 5.41) is 12.6. The van der Waals surface area contributed by atoms with Gasteiger partial charge in [0.05, 0.1) is 19.3 Å². The normalized spacial score (nSPS) is 17.1. The molecule has 0 spiro atoms. The number of aryl methyl sites for hydroxylation is 1. The lowest BCUT2D eigenvalue weighted by molar-refractivity contribution is -0.121. The number of carbonyl (C=O) groups excluding carboxylic acids is 1. The monoisotopic (exact) mass is 398 g/mol. The van der Waals surface area contributed by atoms with Gasteiger partial charge in [-0.05, 0) is 37.3 Å². The first-order valence-corrected chi connectivity index (χ1v) is 9.90. The summed E-state index contributed by atoms with van der Waals surface area (Å²) in [6.45, 7) is 3.18. The van der Waals surface area contributed by atoms with Gasteiger partial charge in [0.25, 0.3) is 5.88 Å². The molecular formula is C20H26N6O3. The van der Waals surface area contributed by atoms with Crippen molar-refractivity contribution in [3.63, 3.8) is 0 Å². The number of hydrogen-bond acceptors (Lipinski definition) is 7. The van der Waals surface area contributed by atoms with E-state index in [-0.39, 0.29) is 5.91 Å². The lowest BCUT2D eigenvalue weighted by Crippen LogP contribution is -2.27. The van der Waals surface area contributed by atoms with Gasteiger partial charge in [-0.3, -0.25) is 4.79 Å². The molecule has 1 saturated heterocycles. The molecule has 1 aliphatic heterocycles. The number of carbonyl (C=O) groups is 1. The highest BCUT2D eigenvalue weighted by Crippen LogP contribution is 2.30. The summed E-state index contributed by atoms with van der Waals surface area (Å²) >= 11 is 0. The first-order valence-electron chi connectivity index (χ1n) is 9.90. The number of amides is 1. The number of hydrogen-bond donors (Lipinski definition) is 1. The Balaban J connectivity index is 1.34. The second kappa shape index (κ2) is 8.60. The molecule has 0 aromatic carbocycles. The third-order valence-corrected chi connectivity index (χ3v) is 5.30. The van der Waals surface area contributed by atoms with Crippen molar-refractivity contribution in [2.45, 2.75) is 31.7 Å². The van der Waals surface area contributed by atoms with Crippen molar-refractivity contribution in [3.05, 3.63) is 35.9 Å². The molecule has 0 radical (unpaired) electrons. The third kappa shape index (κ3) is 4.40. The van der Waals surface area contributed by atoms with Crippen molar-refractivity contribution in [1.82, 2.24) is 30.1 Å². The van der Waals surface area contributed by atoms with Crippen LogP contribution in [-0.2, 0) is 17.8 Å². The Hall–Kier alpha value is -2.94. The Morgan fingerprint density at radius 3 is 3.10 bits per heavy atom. The van der Waals surface area contributed by atoms with E-state index in [9.17, 15) is 4.79 Å². The molecular weight excluding hydrogens is 372 g/mol. The number of methoxy groups -OCH3 is 1. The zero-order chi connectivity index (χ0) is 20.2. The number of ether oxygens (including phenoxy) is 1. The molecule has 29 heavy (non-hydrogen) atoms. The molecule has 3 aromatic heterocycles. The van der Waals surface area contributed by atoms with E-state index in [1.807, 2.05) is 10.7 Å². The van der Waals surface area contributed by atoms with E-state index in [2.05, 4.69) is 33.5 Å². The van der Waals surface area contributed by atoms with Gasteiger partial charge in [-0.1, -0.05) is 0 Å². The maximum Gasteiger partial charge on any atom is 0.254 e. The number of nitrogens with zero attached hydrogens (tertiary/aromatic N) is 5. The van der Waals surface area contributed by atoms with Gasteiger partial charge in [0.2, 0.25) is 5.91 Å². The molecule has 4 heterocycles. The molecule has 0 aliphatic carbocycles. The van der Waals surface area contributed by atoms with Gasteiger partial charge in [0, 0.05) is 49.5 Å². The van der Waals surface area contributed by atoms with Crippen molar-refractivity contribution in [2.24, 2.45) is 0 Å². The van der Waals surface area contributed by atoms with Gasteiger partial charge in [-0.25, -0.2) is 9.67 Å². The van der Waals surface area contributed by atoms with E-state index in [4.69, 9.17) is 14.4 Å². The summed E-state index contributed by atoms with van der Waals surface area (Å²) in [6.07, 6.45) is 3.71. The third-order valence-electron chi connectivity index (χ3n) is 5.30. The van der Waals surface area contributed by atoms with Gasteiger partial charge in [0.15, 0.2) is 5.65 Å². The predicted molar refractivity (Wildman–Crippen MR) is 107 cm³/mol. The minimum atomic E-state index is -0.0394. The number of rotatable bonds is 8. The molecule has 1 fully saturated rings. The van der Waals surface area contributed by atoms with Crippen LogP contribution in [0.3, 0.4) is 0 Å². The standard InChI is InChI=1S/C20H26N6O3/c1-25-10-7-14(13-25)19-16-4-3-8-22-20(16)26(23-19)11-9-21-17(27)6-5-15-12-18(28-2)24-29-15/h3-4,8,12,14H,5-7,9-11,13H2,1-2H3,(H,21,27)/t14-/m0/s1. The number of likely N-dealkylation sites (tertiary alicyclic amines) is 1. The van der Waals surface area contributed by atoms with Gasteiger partial charge >= 0.3 is 0 Å². The summed E-state index contributed by atoms with van der Waals surface area (Å²) < 4.78 is 12.0. The van der Waals surface area contributed by atoms with E-state index in [1.54, 1.807) is 12.3 Å². The van der Waals surface area contributed by atoms with Gasteiger partial charge in [-0.2, -0.15) is 5.10 Å². The fourth-order valence-electron chi connectivity index (χ4n) is 3.78. The van der Waals surface area contributed by atoms with Crippen LogP contribution in [0.5, 0.6) is 5.88 Å². The molecule has 0 unspecified atom stereocenters. The fourth-order valence-corrected chi connectivity index (χ4v) is 3.78. The van der Waals surface area contributed by atoms with Crippen LogP contribution in [-0.4, -0.2) is 64.5 Å². The lowest BCUT2D eigenvalue weighted by Gasteiger charge is -2.08. The number of aromatic nitrogens is 4. The van der Waals surface area contributed by atoms with Crippen LogP contribution in [0.1, 0.15) is 30.2 Å². The Kier molecular flexibility index (Phi) is 5.75. The van der Waals surface area contributed by atoms with Crippen molar-refractivity contribution < 1.29 is 14.1 Å². The summed E-state index contributed by atoms with van der Waals surface area (Å²) in [7, 11) is 3.67. The second-order valence-electron chi connectivity index (χ2n) is 7.42. The smallest absolute Gasteiger partial charge is 0.254 e. The van der Waals surface area contributed by atoms with Crippen LogP contribution < -0.4 is 10.1 Å². The predicted octanol–water partition coefficient (Wildman–Crippen LogP) is 1.60. The number of nitrogens with one attached hydrogen (secondary N) is 1. The molecule has 3 aromatic rings. The molecule has 1 atom stereocenters. The van der Waals surface area contributed by atoms with Crippen molar-refractivity contribution in [3.8, 4) is 5.88 Å². The molecule has 154 valence electrons. The Labute approximate surface area is 169 Å². The average Bonchev–Trinajstić information content (AvgIpc) is 3.45. The minimum Gasteiger partial charge on any atom is -0.479 e. The van der Waals surface area contributed by atoms with Crippen LogP contribution in [0, 0.1) is 0 Å². The summed E-state index contributed by atoms with van der Waals surface area (Å²) in [4.78, 5) is 19.0. The SMILES string of the molecule is COc1cc(CCC(=O)NCCn2nc([C@H]3CCN(C)C3)c3cccnc32)on1. The van der Waals surface area contributed by atoms with Gasteiger partial charge in [-0.15, -0.1) is 0 Å². The molecule has 0 saturated carbocycles. The maximum absolute atomic E-state index is 12.1. The second-order valence-corrected chi connectivity index (χ2v) is 7.42. The zero-order valence-electron chi connectivity index (χ0n) is 16.8. The van der Waals surface area contributed by atoms with Crippen molar-refractivity contribution in [1.29, 1.82) is 0 Å². The highest BCUT2D eigenvalue weighted by molar-refractivity contribution is 5.79. The van der Waals surface area contributed by atoms with E-state index >= 15 is 0 Å². The summed E-state index contributed by atoms with van der Waals surface area (Å²) in [5.41, 5.74) is 1.99. The minimum absolute atomic E-state index is 0.0394. The fraction of sp³-hybridized carbons (Fsp3) is 0.500. The largest absolute Gasteiger partial charge is 0.479 e. The summed E-state index contributed by atoms with van der Waals surface area (Å²) in [6, 6.07) is 5.73. The molecule has 4 rings (SSSR count). The average molecular weight is 398 g/mol. The van der Waals surface area contributed by atoms with Crippen LogP contribution in [0.2, 0.25) is 0 Å². The number of pyridine rings is 1. The molecule has 9 nitrogen and oxygen atoms in total. The molecule has 1 aliphatic rings. The van der Waals surface area contributed by atoms with E-state index in [0.29, 0.717) is 43.5 Å². The van der Waals surface area contributed by atoms with E-state index in [0.717, 1.165) is 36.2 Å². The van der Waals surface area contributed by atoms with Gasteiger partial charge < -0.3 is 19.5 Å². The first-order chi connectivity index (χ1) is 14.1. The highest BCUT2D eigenvalue weighted by Gasteiger charge is 2.26. The molecule has 1 N–H and O–H groups in total. The lowest BCUT2D eigenvalue weighted by atomic mass is 10.0. The van der Waals surface area contributed by atoms with Crippen LogP contribution in [0.4, 0.5) is 0 Å². The van der Waals surface area contributed by atoms with E-state index < -0.39 is 0 Å². The number of fused-ring (bicyclic) bond motifs is 1. The Morgan fingerprint density at radius 1 is 1.45 bits per heavy atom. The van der Waals surface area contributed by atoms with Crippen molar-refractivity contribution >= 4 is 16.9 Å². The van der Waals surface area contributed by atoms with Gasteiger partial charge in [0.1, 0.15) is 5.76 Å². The van der Waals surface area contributed by atoms with Crippen LogP contribution >= 0.6 is 0 Å². The van der Waals surface area contributed by atoms with E-state index in [1.165, 1.54) is 7.11 Å².